The predicted octanol–water partition coefficient (Wildman–Crippen LogP) is 14.9. The molecule has 2 heterocycles. The number of carbonyl (C=O) groups excluding carboxylic acids is 1. The molecule has 506 valence electrons. The van der Waals surface area contributed by atoms with Gasteiger partial charge in [-0.2, -0.15) is 0 Å². The molecular weight excluding hydrogens is 1090 g/mol. The maximum absolute atomic E-state index is 13.3. The molecular formula is C72H135NO13. The van der Waals surface area contributed by atoms with Crippen LogP contribution < -0.4 is 5.32 Å². The van der Waals surface area contributed by atoms with Gasteiger partial charge in [-0.1, -0.05) is 294 Å². The number of aliphatic hydroxyl groups excluding tert-OH is 8. The Morgan fingerprint density at radius 3 is 1.14 bits per heavy atom. The number of amides is 1. The number of rotatable bonds is 60. The number of carbonyl (C=O) groups is 1. The van der Waals surface area contributed by atoms with Gasteiger partial charge in [0.15, 0.2) is 12.6 Å². The molecule has 2 saturated heterocycles. The van der Waals surface area contributed by atoms with Gasteiger partial charge in [0.1, 0.15) is 48.8 Å². The molecule has 0 aromatic rings. The lowest BCUT2D eigenvalue weighted by Gasteiger charge is -2.46. The van der Waals surface area contributed by atoms with Crippen molar-refractivity contribution in [2.24, 2.45) is 0 Å². The summed E-state index contributed by atoms with van der Waals surface area (Å²) in [6, 6.07) is -0.931. The first-order chi connectivity index (χ1) is 42.1. The molecule has 0 aliphatic carbocycles. The fourth-order valence-electron chi connectivity index (χ4n) is 12.0. The van der Waals surface area contributed by atoms with Gasteiger partial charge in [0.25, 0.3) is 0 Å². The molecule has 2 aliphatic rings. The lowest BCUT2D eigenvalue weighted by molar-refractivity contribution is -0.359. The number of allylic oxidation sites excluding steroid dienone is 5. The Morgan fingerprint density at radius 1 is 0.407 bits per heavy atom. The van der Waals surface area contributed by atoms with E-state index in [0.29, 0.717) is 12.8 Å². The Hall–Kier alpha value is -1.79. The van der Waals surface area contributed by atoms with Gasteiger partial charge in [-0.3, -0.25) is 4.79 Å². The number of hydrogen-bond donors (Lipinski definition) is 9. The van der Waals surface area contributed by atoms with Crippen LogP contribution in [-0.4, -0.2) is 140 Å². The minimum absolute atomic E-state index is 0.243. The van der Waals surface area contributed by atoms with Crippen LogP contribution in [0.3, 0.4) is 0 Å². The first-order valence-electron chi connectivity index (χ1n) is 36.2. The van der Waals surface area contributed by atoms with Crippen molar-refractivity contribution in [1.82, 2.24) is 5.32 Å². The minimum Gasteiger partial charge on any atom is -0.394 e. The van der Waals surface area contributed by atoms with Gasteiger partial charge in [-0.15, -0.1) is 0 Å². The highest BCUT2D eigenvalue weighted by Crippen LogP contribution is 2.30. The van der Waals surface area contributed by atoms with Crippen LogP contribution in [0.15, 0.2) is 36.5 Å². The van der Waals surface area contributed by atoms with Gasteiger partial charge in [0.2, 0.25) is 5.91 Å². The summed E-state index contributed by atoms with van der Waals surface area (Å²) < 4.78 is 22.9. The van der Waals surface area contributed by atoms with Crippen LogP contribution in [0.5, 0.6) is 0 Å². The quantitative estimate of drug-likeness (QED) is 0.0204. The molecule has 2 aliphatic heterocycles. The lowest BCUT2D eigenvalue weighted by atomic mass is 9.97. The molecule has 0 aromatic carbocycles. The maximum atomic E-state index is 13.3. The summed E-state index contributed by atoms with van der Waals surface area (Å²) in [4.78, 5) is 13.3. The van der Waals surface area contributed by atoms with Crippen molar-refractivity contribution in [2.75, 3.05) is 19.8 Å². The zero-order chi connectivity index (χ0) is 62.3. The Labute approximate surface area is 525 Å². The highest BCUT2D eigenvalue weighted by molar-refractivity contribution is 5.76. The molecule has 0 spiro atoms. The van der Waals surface area contributed by atoms with Crippen molar-refractivity contribution in [3.8, 4) is 0 Å². The van der Waals surface area contributed by atoms with Crippen molar-refractivity contribution >= 4 is 5.91 Å². The molecule has 2 fully saturated rings. The van der Waals surface area contributed by atoms with Gasteiger partial charge < -0.3 is 65.1 Å². The van der Waals surface area contributed by atoms with Crippen molar-refractivity contribution in [3.63, 3.8) is 0 Å². The second kappa shape index (κ2) is 57.1. The monoisotopic (exact) mass is 1220 g/mol. The zero-order valence-electron chi connectivity index (χ0n) is 55.1. The fourth-order valence-corrected chi connectivity index (χ4v) is 12.0. The summed E-state index contributed by atoms with van der Waals surface area (Å²) in [5.41, 5.74) is 0. The second-order valence-electron chi connectivity index (χ2n) is 25.7. The van der Waals surface area contributed by atoms with E-state index in [4.69, 9.17) is 18.9 Å². The molecule has 0 saturated carbocycles. The number of ether oxygens (including phenoxy) is 4. The highest BCUT2D eigenvalue weighted by Gasteiger charge is 2.51. The second-order valence-corrected chi connectivity index (χ2v) is 25.7. The topological polar surface area (TPSA) is 228 Å². The van der Waals surface area contributed by atoms with E-state index in [0.717, 1.165) is 32.1 Å². The molecule has 86 heavy (non-hydrogen) atoms. The van der Waals surface area contributed by atoms with Crippen LogP contribution in [0.1, 0.15) is 322 Å². The predicted molar refractivity (Wildman–Crippen MR) is 351 cm³/mol. The Bertz CT molecular complexity index is 1580. The van der Waals surface area contributed by atoms with E-state index >= 15 is 0 Å². The van der Waals surface area contributed by atoms with Crippen LogP contribution in [-0.2, 0) is 23.7 Å². The lowest BCUT2D eigenvalue weighted by Crippen LogP contribution is -2.65. The van der Waals surface area contributed by atoms with Gasteiger partial charge in [0.05, 0.1) is 32.0 Å². The number of unbranched alkanes of at least 4 members (excludes halogenated alkanes) is 43. The molecule has 9 N–H and O–H groups in total. The normalized spacial score (nSPS) is 23.6. The zero-order valence-corrected chi connectivity index (χ0v) is 55.1. The smallest absolute Gasteiger partial charge is 0.220 e. The van der Waals surface area contributed by atoms with Gasteiger partial charge in [-0.05, 0) is 57.8 Å². The van der Waals surface area contributed by atoms with Crippen molar-refractivity contribution in [2.45, 2.75) is 396 Å². The summed E-state index contributed by atoms with van der Waals surface area (Å²) in [7, 11) is 0. The van der Waals surface area contributed by atoms with E-state index in [1.807, 2.05) is 6.08 Å². The van der Waals surface area contributed by atoms with E-state index in [2.05, 4.69) is 43.5 Å². The molecule has 12 unspecified atom stereocenters. The summed E-state index contributed by atoms with van der Waals surface area (Å²) >= 11 is 0. The summed E-state index contributed by atoms with van der Waals surface area (Å²) in [5, 5.41) is 87.4. The van der Waals surface area contributed by atoms with Crippen molar-refractivity contribution in [1.29, 1.82) is 0 Å². The average molecular weight is 1220 g/mol. The third-order valence-electron chi connectivity index (χ3n) is 17.8. The Morgan fingerprint density at radius 2 is 0.744 bits per heavy atom. The van der Waals surface area contributed by atoms with Gasteiger partial charge in [0, 0.05) is 6.42 Å². The Balaban J connectivity index is 1.67. The highest BCUT2D eigenvalue weighted by atomic mass is 16.7. The molecule has 1 amide bonds. The molecule has 2 rings (SSSR count). The van der Waals surface area contributed by atoms with E-state index < -0.39 is 86.8 Å². The molecule has 0 aromatic heterocycles. The molecule has 14 nitrogen and oxygen atoms in total. The van der Waals surface area contributed by atoms with Crippen molar-refractivity contribution < 1.29 is 64.6 Å². The van der Waals surface area contributed by atoms with E-state index in [1.54, 1.807) is 6.08 Å². The number of aliphatic hydroxyl groups is 8. The Kier molecular flexibility index (Phi) is 53.4. The van der Waals surface area contributed by atoms with Gasteiger partial charge >= 0.3 is 0 Å². The number of hydrogen-bond acceptors (Lipinski definition) is 13. The molecule has 0 radical (unpaired) electrons. The summed E-state index contributed by atoms with van der Waals surface area (Å²) in [6.45, 7) is 2.83. The third kappa shape index (κ3) is 40.8. The SMILES string of the molecule is CCCCCCCCCC/C=C\CCCCCCCCCCCCCCCCCCCC(=O)NC(COC1OC(CO)C(OC2OC(CO)C(O)C(O)C2O)C(O)C1O)C(O)/C=C/CC/C=C/CCCCCCCCCCCCCCCCCCC. The summed E-state index contributed by atoms with van der Waals surface area (Å²) in [6.07, 6.45) is 56.4. The maximum Gasteiger partial charge on any atom is 0.220 e. The molecule has 0 bridgehead atoms. The van der Waals surface area contributed by atoms with Crippen LogP contribution in [0.2, 0.25) is 0 Å². The van der Waals surface area contributed by atoms with Gasteiger partial charge in [-0.25, -0.2) is 0 Å². The van der Waals surface area contributed by atoms with E-state index in [-0.39, 0.29) is 18.9 Å². The first kappa shape index (κ1) is 80.3. The van der Waals surface area contributed by atoms with Crippen LogP contribution in [0, 0.1) is 0 Å². The van der Waals surface area contributed by atoms with Crippen LogP contribution in [0.25, 0.3) is 0 Å². The first-order valence-corrected chi connectivity index (χ1v) is 36.2. The fraction of sp³-hybridized carbons (Fsp3) is 0.903. The van der Waals surface area contributed by atoms with Crippen LogP contribution in [0.4, 0.5) is 0 Å². The third-order valence-corrected chi connectivity index (χ3v) is 17.8. The van der Waals surface area contributed by atoms with Crippen LogP contribution >= 0.6 is 0 Å². The molecule has 14 heteroatoms. The minimum atomic E-state index is -1.79. The van der Waals surface area contributed by atoms with Crippen molar-refractivity contribution in [3.05, 3.63) is 36.5 Å². The van der Waals surface area contributed by atoms with E-state index in [1.165, 1.54) is 257 Å². The number of nitrogens with one attached hydrogen (secondary N) is 1. The largest absolute Gasteiger partial charge is 0.394 e. The summed E-state index contributed by atoms with van der Waals surface area (Å²) in [5.74, 6) is -0.243. The average Bonchev–Trinajstić information content (AvgIpc) is 2.53. The van der Waals surface area contributed by atoms with E-state index in [9.17, 15) is 45.6 Å². The standard InChI is InChI=1S/C72H135NO13/c1-3-5-7-9-11-13-15-17-19-21-23-25-27-28-29-30-31-32-34-36-38-40-42-44-46-48-50-52-54-56-64(77)73-60(59-83-71-69(82)67(80)70(63(58-75)85-71)86-72-68(81)66(79)65(78)62(57-74)84-72)61(76)55-53-51-49-47-45-43-41-39-37-35-33-26-24-22-20-18-16-14-12-10-8-6-4-2/h21,23,45,47,53,55,60-63,65-72,74-76,78-82H,3-20,22,24-44,46,48-52,54,56-59H2,1-2H3,(H,73,77)/b23-21-,47-45+,55-53+. The molecule has 12 atom stereocenters.